The summed E-state index contributed by atoms with van der Waals surface area (Å²) in [5.41, 5.74) is 0. The molecule has 0 aliphatic heterocycles. The Morgan fingerprint density at radius 2 is 0.574 bits per heavy atom. The third-order valence-corrected chi connectivity index (χ3v) is 11.8. The smallest absolute Gasteiger partial charge is 0.306 e. The van der Waals surface area contributed by atoms with E-state index in [9.17, 15) is 14.4 Å². The summed E-state index contributed by atoms with van der Waals surface area (Å²) in [6.45, 7) is 6.38. The third kappa shape index (κ3) is 53.3. The molecule has 0 N–H and O–H groups in total. The molecule has 6 nitrogen and oxygen atoms in total. The highest BCUT2D eigenvalue weighted by molar-refractivity contribution is 5.71. The summed E-state index contributed by atoms with van der Waals surface area (Å²) in [7, 11) is 0. The van der Waals surface area contributed by atoms with E-state index in [2.05, 4.69) is 118 Å². The van der Waals surface area contributed by atoms with Gasteiger partial charge in [-0.05, 0) is 96.3 Å². The molecule has 0 saturated carbocycles. The van der Waals surface area contributed by atoms with Crippen LogP contribution in [0.3, 0.4) is 0 Å². The van der Waals surface area contributed by atoms with Crippen molar-refractivity contribution in [2.45, 2.75) is 264 Å². The van der Waals surface area contributed by atoms with Crippen molar-refractivity contribution in [3.63, 3.8) is 0 Å². The fourth-order valence-electron chi connectivity index (χ4n) is 7.66. The average molecular weight is 946 g/mol. The zero-order valence-corrected chi connectivity index (χ0v) is 44.3. The van der Waals surface area contributed by atoms with Crippen molar-refractivity contribution >= 4 is 17.9 Å². The molecule has 0 amide bonds. The van der Waals surface area contributed by atoms with E-state index in [-0.39, 0.29) is 31.1 Å². The normalized spacial score (nSPS) is 12.8. The van der Waals surface area contributed by atoms with Crippen LogP contribution in [0.25, 0.3) is 0 Å². The topological polar surface area (TPSA) is 78.9 Å². The monoisotopic (exact) mass is 945 g/mol. The van der Waals surface area contributed by atoms with Crippen molar-refractivity contribution < 1.29 is 28.6 Å². The molecule has 0 aliphatic carbocycles. The molecule has 0 aliphatic rings. The van der Waals surface area contributed by atoms with Crippen LogP contribution in [-0.4, -0.2) is 37.2 Å². The van der Waals surface area contributed by atoms with Crippen LogP contribution in [-0.2, 0) is 28.6 Å². The molecule has 0 radical (unpaired) electrons. The Morgan fingerprint density at radius 1 is 0.309 bits per heavy atom. The van der Waals surface area contributed by atoms with Gasteiger partial charge in [-0.2, -0.15) is 0 Å². The van der Waals surface area contributed by atoms with Gasteiger partial charge in [0.2, 0.25) is 0 Å². The minimum Gasteiger partial charge on any atom is -0.462 e. The van der Waals surface area contributed by atoms with E-state index in [1.165, 1.54) is 96.3 Å². The number of allylic oxidation sites excluding steroid dienone is 16. The van der Waals surface area contributed by atoms with Crippen LogP contribution >= 0.6 is 0 Å². The summed E-state index contributed by atoms with van der Waals surface area (Å²) in [6.07, 6.45) is 74.0. The number of unbranched alkanes of at least 4 members (excludes halogenated alkanes) is 23. The summed E-state index contributed by atoms with van der Waals surface area (Å²) in [6, 6.07) is 0. The lowest BCUT2D eigenvalue weighted by atomic mass is 10.0. The second kappa shape index (κ2) is 55.9. The highest BCUT2D eigenvalue weighted by atomic mass is 16.6. The summed E-state index contributed by atoms with van der Waals surface area (Å²) < 4.78 is 16.8. The lowest BCUT2D eigenvalue weighted by Gasteiger charge is -2.18. The van der Waals surface area contributed by atoms with Gasteiger partial charge in [0.25, 0.3) is 0 Å². The van der Waals surface area contributed by atoms with Crippen LogP contribution in [0.1, 0.15) is 258 Å². The molecule has 0 rings (SSSR count). The number of esters is 3. The SMILES string of the molecule is CC/C=C\C/C=C\C/C=C\C/C=C\CCCCCCCCC(=O)OCC(COC(=O)CCCC/C=C\C/C=C\C/C=C\C/C=C\CC)OC(=O)CCCCCCCCCCCCCCCCCC. The fraction of sp³-hybridized carbons (Fsp3) is 0.694. The van der Waals surface area contributed by atoms with Gasteiger partial charge in [-0.25, -0.2) is 0 Å². The summed E-state index contributed by atoms with van der Waals surface area (Å²) >= 11 is 0. The van der Waals surface area contributed by atoms with E-state index < -0.39 is 6.10 Å². The van der Waals surface area contributed by atoms with E-state index in [0.29, 0.717) is 19.3 Å². The summed E-state index contributed by atoms with van der Waals surface area (Å²) in [4.78, 5) is 38.1. The van der Waals surface area contributed by atoms with Crippen LogP contribution in [0, 0.1) is 0 Å². The van der Waals surface area contributed by atoms with Gasteiger partial charge in [0.05, 0.1) is 0 Å². The Hall–Kier alpha value is -3.67. The van der Waals surface area contributed by atoms with Crippen LogP contribution in [0.4, 0.5) is 0 Å². The predicted octanol–water partition coefficient (Wildman–Crippen LogP) is 18.9. The average Bonchev–Trinajstić information content (AvgIpc) is 3.34. The predicted molar refractivity (Wildman–Crippen MR) is 293 cm³/mol. The van der Waals surface area contributed by atoms with Gasteiger partial charge in [0.15, 0.2) is 6.10 Å². The largest absolute Gasteiger partial charge is 0.462 e. The molecule has 1 atom stereocenters. The van der Waals surface area contributed by atoms with Crippen molar-refractivity contribution in [2.24, 2.45) is 0 Å². The maximum absolute atomic E-state index is 12.9. The van der Waals surface area contributed by atoms with Crippen molar-refractivity contribution in [3.05, 3.63) is 97.2 Å². The lowest BCUT2D eigenvalue weighted by Crippen LogP contribution is -2.30. The molecule has 0 aromatic rings. The first-order chi connectivity index (χ1) is 33.5. The number of hydrogen-bond acceptors (Lipinski definition) is 6. The first-order valence-corrected chi connectivity index (χ1v) is 28.2. The van der Waals surface area contributed by atoms with Gasteiger partial charge in [-0.15, -0.1) is 0 Å². The molecule has 0 fully saturated rings. The van der Waals surface area contributed by atoms with E-state index >= 15 is 0 Å². The molecule has 68 heavy (non-hydrogen) atoms. The van der Waals surface area contributed by atoms with Gasteiger partial charge < -0.3 is 14.2 Å². The number of rotatable bonds is 50. The summed E-state index contributed by atoms with van der Waals surface area (Å²) in [5.74, 6) is -0.948. The van der Waals surface area contributed by atoms with Gasteiger partial charge in [0.1, 0.15) is 13.2 Å². The quantitative estimate of drug-likeness (QED) is 0.0262. The van der Waals surface area contributed by atoms with Gasteiger partial charge in [0, 0.05) is 19.3 Å². The minimum absolute atomic E-state index is 0.0973. The van der Waals surface area contributed by atoms with Gasteiger partial charge >= 0.3 is 17.9 Å². The second-order valence-electron chi connectivity index (χ2n) is 18.4. The lowest BCUT2D eigenvalue weighted by molar-refractivity contribution is -0.167. The highest BCUT2D eigenvalue weighted by Gasteiger charge is 2.19. The van der Waals surface area contributed by atoms with Gasteiger partial charge in [-0.1, -0.05) is 240 Å². The Bertz CT molecular complexity index is 1360. The van der Waals surface area contributed by atoms with E-state index in [0.717, 1.165) is 122 Å². The Morgan fingerprint density at radius 3 is 0.926 bits per heavy atom. The molecule has 0 saturated heterocycles. The Kier molecular flexibility index (Phi) is 52.9. The molecule has 0 aromatic heterocycles. The fourth-order valence-corrected chi connectivity index (χ4v) is 7.66. The standard InChI is InChI=1S/C62H104O6/c1-4-7-10-13-16-19-22-25-28-30-31-32-35-37-40-43-46-49-52-55-61(64)67-58-59(57-66-60(63)54-51-48-45-42-39-36-33-27-24-21-18-15-12-9-6-3)68-62(65)56-53-50-47-44-41-38-34-29-26-23-20-17-14-11-8-5-2/h7,9-10,12,16,18-19,21,25,27-28,31-33,39,42,59H,4-6,8,11,13-15,17,20,22-24,26,29-30,34-38,40-41,43-58H2,1-3H3/b10-7-,12-9-,19-16-,21-18-,28-25-,32-31-,33-27-,42-39-. The number of hydrogen-bond donors (Lipinski definition) is 0. The molecular weight excluding hydrogens is 841 g/mol. The number of carbonyl (C=O) groups is 3. The number of ether oxygens (including phenoxy) is 3. The van der Waals surface area contributed by atoms with Crippen LogP contribution in [0.2, 0.25) is 0 Å². The molecule has 388 valence electrons. The van der Waals surface area contributed by atoms with Crippen molar-refractivity contribution in [1.29, 1.82) is 0 Å². The van der Waals surface area contributed by atoms with Crippen molar-refractivity contribution in [2.75, 3.05) is 13.2 Å². The first kappa shape index (κ1) is 64.3. The maximum Gasteiger partial charge on any atom is 0.306 e. The zero-order valence-electron chi connectivity index (χ0n) is 44.3. The minimum atomic E-state index is -0.800. The molecule has 0 bridgehead atoms. The van der Waals surface area contributed by atoms with E-state index in [1.807, 2.05) is 0 Å². The highest BCUT2D eigenvalue weighted by Crippen LogP contribution is 2.15. The molecule has 6 heteroatoms. The number of carbonyl (C=O) groups excluding carboxylic acids is 3. The van der Waals surface area contributed by atoms with Crippen molar-refractivity contribution in [1.82, 2.24) is 0 Å². The Labute approximate surface area is 419 Å². The summed E-state index contributed by atoms with van der Waals surface area (Å²) in [5, 5.41) is 0. The second-order valence-corrected chi connectivity index (χ2v) is 18.4. The Balaban J connectivity index is 4.45. The van der Waals surface area contributed by atoms with Crippen LogP contribution < -0.4 is 0 Å². The third-order valence-electron chi connectivity index (χ3n) is 11.8. The molecule has 0 heterocycles. The molecule has 1 unspecified atom stereocenters. The molecule has 0 aromatic carbocycles. The maximum atomic E-state index is 12.9. The van der Waals surface area contributed by atoms with Crippen molar-refractivity contribution in [3.8, 4) is 0 Å². The van der Waals surface area contributed by atoms with E-state index in [4.69, 9.17) is 14.2 Å². The molecular formula is C62H104O6. The van der Waals surface area contributed by atoms with Crippen LogP contribution in [0.15, 0.2) is 97.2 Å². The van der Waals surface area contributed by atoms with E-state index in [1.54, 1.807) is 0 Å². The van der Waals surface area contributed by atoms with Crippen LogP contribution in [0.5, 0.6) is 0 Å². The first-order valence-electron chi connectivity index (χ1n) is 28.2. The molecule has 0 spiro atoms. The zero-order chi connectivity index (χ0) is 49.3. The van der Waals surface area contributed by atoms with Gasteiger partial charge in [-0.3, -0.25) is 14.4 Å².